The van der Waals surface area contributed by atoms with E-state index in [1.54, 1.807) is 20.3 Å². The molecule has 0 saturated heterocycles. The Morgan fingerprint density at radius 2 is 1.86 bits per heavy atom. The second-order valence-electron chi connectivity index (χ2n) is 2.66. The molecule has 0 aliphatic heterocycles. The molecule has 0 aliphatic carbocycles. The molecular weight excluding hydrogens is 182 g/mol. The van der Waals surface area contributed by atoms with Gasteiger partial charge in [-0.1, -0.05) is 0 Å². The number of ether oxygens (including phenoxy) is 3. The fourth-order valence-corrected chi connectivity index (χ4v) is 1.06. The van der Waals surface area contributed by atoms with Gasteiger partial charge in [0.2, 0.25) is 0 Å². The molecule has 0 spiro atoms. The third kappa shape index (κ3) is 2.53. The van der Waals surface area contributed by atoms with Crippen molar-refractivity contribution in [3.63, 3.8) is 0 Å². The Hall–Kier alpha value is -1.42. The second-order valence-corrected chi connectivity index (χ2v) is 2.66. The molecule has 1 rings (SSSR count). The molecule has 0 heterocycles. The first-order valence-corrected chi connectivity index (χ1v) is 4.31. The molecule has 1 aromatic rings. The molecule has 14 heavy (non-hydrogen) atoms. The van der Waals surface area contributed by atoms with Gasteiger partial charge in [-0.05, 0) is 19.2 Å². The maximum atomic E-state index is 5.35. The molecule has 0 bridgehead atoms. The molecule has 4 nitrogen and oxygen atoms in total. The lowest BCUT2D eigenvalue weighted by atomic mass is 10.3. The summed E-state index contributed by atoms with van der Waals surface area (Å²) in [7, 11) is 5.02. The van der Waals surface area contributed by atoms with E-state index in [2.05, 4.69) is 5.32 Å². The van der Waals surface area contributed by atoms with Gasteiger partial charge in [-0.3, -0.25) is 5.32 Å². The number of rotatable bonds is 5. The molecule has 0 aromatic heterocycles. The average molecular weight is 197 g/mol. The summed E-state index contributed by atoms with van der Waals surface area (Å²) >= 11 is 0. The van der Waals surface area contributed by atoms with E-state index >= 15 is 0 Å². The Labute approximate surface area is 83.8 Å². The van der Waals surface area contributed by atoms with Crippen LogP contribution in [0.2, 0.25) is 0 Å². The molecule has 0 atom stereocenters. The summed E-state index contributed by atoms with van der Waals surface area (Å²) in [5.74, 6) is 2.11. The average Bonchev–Trinajstić information content (AvgIpc) is 2.25. The van der Waals surface area contributed by atoms with Crippen LogP contribution in [0.4, 0.5) is 0 Å². The van der Waals surface area contributed by atoms with Crippen LogP contribution in [0.1, 0.15) is 0 Å². The van der Waals surface area contributed by atoms with E-state index in [1.165, 1.54) is 0 Å². The van der Waals surface area contributed by atoms with Gasteiger partial charge >= 0.3 is 0 Å². The highest BCUT2D eigenvalue weighted by Crippen LogP contribution is 2.30. The monoisotopic (exact) mass is 197 g/mol. The van der Waals surface area contributed by atoms with Crippen molar-refractivity contribution in [2.24, 2.45) is 0 Å². The van der Waals surface area contributed by atoms with Crippen LogP contribution in [0.5, 0.6) is 17.2 Å². The van der Waals surface area contributed by atoms with E-state index in [0.29, 0.717) is 18.2 Å². The molecule has 78 valence electrons. The van der Waals surface area contributed by atoms with E-state index < -0.39 is 0 Å². The third-order valence-corrected chi connectivity index (χ3v) is 1.74. The van der Waals surface area contributed by atoms with E-state index in [4.69, 9.17) is 14.2 Å². The molecule has 0 radical (unpaired) electrons. The molecule has 0 fully saturated rings. The highest BCUT2D eigenvalue weighted by molar-refractivity contribution is 5.45. The zero-order valence-corrected chi connectivity index (χ0v) is 8.66. The largest absolute Gasteiger partial charge is 0.493 e. The summed E-state index contributed by atoms with van der Waals surface area (Å²) in [5.41, 5.74) is 0. The van der Waals surface area contributed by atoms with Gasteiger partial charge in [-0.25, -0.2) is 0 Å². The Morgan fingerprint density at radius 1 is 1.14 bits per heavy atom. The van der Waals surface area contributed by atoms with E-state index in [-0.39, 0.29) is 0 Å². The van der Waals surface area contributed by atoms with Crippen LogP contribution >= 0.6 is 0 Å². The van der Waals surface area contributed by atoms with Crippen LogP contribution in [0.15, 0.2) is 18.2 Å². The maximum Gasteiger partial charge on any atom is 0.164 e. The fourth-order valence-electron chi connectivity index (χ4n) is 1.06. The van der Waals surface area contributed by atoms with E-state index in [0.717, 1.165) is 5.75 Å². The van der Waals surface area contributed by atoms with Crippen molar-refractivity contribution in [2.75, 3.05) is 28.0 Å². The van der Waals surface area contributed by atoms with Gasteiger partial charge in [0.15, 0.2) is 11.5 Å². The van der Waals surface area contributed by atoms with Crippen LogP contribution in [0.25, 0.3) is 0 Å². The quantitative estimate of drug-likeness (QED) is 0.721. The van der Waals surface area contributed by atoms with Gasteiger partial charge in [0.1, 0.15) is 12.5 Å². The smallest absolute Gasteiger partial charge is 0.164 e. The highest BCUT2D eigenvalue weighted by atomic mass is 16.5. The minimum absolute atomic E-state index is 0.468. The molecule has 4 heteroatoms. The zero-order valence-electron chi connectivity index (χ0n) is 8.66. The van der Waals surface area contributed by atoms with Gasteiger partial charge in [-0.15, -0.1) is 0 Å². The number of nitrogens with one attached hydrogen (secondary N) is 1. The first-order valence-electron chi connectivity index (χ1n) is 4.31. The zero-order chi connectivity index (χ0) is 10.4. The lowest BCUT2D eigenvalue weighted by Crippen LogP contribution is -2.14. The normalized spacial score (nSPS) is 9.64. The first kappa shape index (κ1) is 10.7. The summed E-state index contributed by atoms with van der Waals surface area (Å²) < 4.78 is 15.6. The first-order chi connectivity index (χ1) is 6.81. The number of benzene rings is 1. The molecule has 1 aromatic carbocycles. The third-order valence-electron chi connectivity index (χ3n) is 1.74. The molecular formula is C10H15NO3. The van der Waals surface area contributed by atoms with Crippen molar-refractivity contribution in [2.45, 2.75) is 0 Å². The molecule has 0 unspecified atom stereocenters. The standard InChI is InChI=1S/C10H15NO3/c1-11-7-14-8-4-5-9(12-2)10(6-8)13-3/h4-6,11H,7H2,1-3H3. The van der Waals surface area contributed by atoms with Crippen molar-refractivity contribution >= 4 is 0 Å². The van der Waals surface area contributed by atoms with Gasteiger partial charge in [0.05, 0.1) is 14.2 Å². The van der Waals surface area contributed by atoms with Gasteiger partial charge in [0, 0.05) is 6.07 Å². The Morgan fingerprint density at radius 3 is 2.43 bits per heavy atom. The highest BCUT2D eigenvalue weighted by Gasteiger charge is 2.04. The van der Waals surface area contributed by atoms with Crippen LogP contribution in [-0.2, 0) is 0 Å². The minimum atomic E-state index is 0.468. The number of hydrogen-bond donors (Lipinski definition) is 1. The Bertz CT molecular complexity index is 289. The summed E-state index contributed by atoms with van der Waals surface area (Å²) in [6.45, 7) is 0.468. The maximum absolute atomic E-state index is 5.35. The lowest BCUT2D eigenvalue weighted by Gasteiger charge is -2.10. The topological polar surface area (TPSA) is 39.7 Å². The van der Waals surface area contributed by atoms with Crippen LogP contribution in [-0.4, -0.2) is 28.0 Å². The van der Waals surface area contributed by atoms with E-state index in [9.17, 15) is 0 Å². The van der Waals surface area contributed by atoms with Crippen LogP contribution in [0, 0.1) is 0 Å². The number of hydrogen-bond acceptors (Lipinski definition) is 4. The molecule has 0 aliphatic rings. The van der Waals surface area contributed by atoms with Gasteiger partial charge in [0.25, 0.3) is 0 Å². The summed E-state index contributed by atoms with van der Waals surface area (Å²) in [6, 6.07) is 5.43. The molecule has 1 N–H and O–H groups in total. The minimum Gasteiger partial charge on any atom is -0.493 e. The SMILES string of the molecule is CNCOc1ccc(OC)c(OC)c1. The van der Waals surface area contributed by atoms with Gasteiger partial charge < -0.3 is 14.2 Å². The van der Waals surface area contributed by atoms with Crippen molar-refractivity contribution in [1.29, 1.82) is 0 Å². The fraction of sp³-hybridized carbons (Fsp3) is 0.400. The summed E-state index contributed by atoms with van der Waals surface area (Å²) in [4.78, 5) is 0. The predicted molar refractivity (Wildman–Crippen MR) is 54.1 cm³/mol. The van der Waals surface area contributed by atoms with Crippen molar-refractivity contribution < 1.29 is 14.2 Å². The summed E-state index contributed by atoms with van der Waals surface area (Å²) in [6.07, 6.45) is 0. The second kappa shape index (κ2) is 5.34. The Kier molecular flexibility index (Phi) is 4.07. The van der Waals surface area contributed by atoms with Crippen molar-refractivity contribution in [1.82, 2.24) is 5.32 Å². The predicted octanol–water partition coefficient (Wildman–Crippen LogP) is 1.26. The van der Waals surface area contributed by atoms with Crippen LogP contribution in [0.3, 0.4) is 0 Å². The summed E-state index contributed by atoms with van der Waals surface area (Å²) in [5, 5.41) is 2.89. The molecule has 0 amide bonds. The Balaban J connectivity index is 2.79. The van der Waals surface area contributed by atoms with Crippen LogP contribution < -0.4 is 19.5 Å². The van der Waals surface area contributed by atoms with E-state index in [1.807, 2.05) is 19.2 Å². The van der Waals surface area contributed by atoms with Crippen molar-refractivity contribution in [3.8, 4) is 17.2 Å². The van der Waals surface area contributed by atoms with Gasteiger partial charge in [-0.2, -0.15) is 0 Å². The number of methoxy groups -OCH3 is 2. The van der Waals surface area contributed by atoms with Crippen molar-refractivity contribution in [3.05, 3.63) is 18.2 Å². The lowest BCUT2D eigenvalue weighted by molar-refractivity contribution is 0.291. The molecule has 0 saturated carbocycles.